The summed E-state index contributed by atoms with van der Waals surface area (Å²) in [5, 5.41) is 0. The van der Waals surface area contributed by atoms with Gasteiger partial charge in [0.25, 0.3) is 5.91 Å². The minimum Gasteiger partial charge on any atom is -0.292 e. The highest BCUT2D eigenvalue weighted by Gasteiger charge is 2.14. The van der Waals surface area contributed by atoms with E-state index >= 15 is 0 Å². The van der Waals surface area contributed by atoms with Crippen LogP contribution in [0.5, 0.6) is 0 Å². The van der Waals surface area contributed by atoms with Crippen LogP contribution in [0.1, 0.15) is 0 Å². The lowest BCUT2D eigenvalue weighted by Gasteiger charge is -2.06. The number of nitrogens with two attached hydrogens (primary N) is 1. The molecule has 1 atom stereocenters. The van der Waals surface area contributed by atoms with Gasteiger partial charge < -0.3 is 0 Å². The van der Waals surface area contributed by atoms with Gasteiger partial charge in [-0.05, 0) is 12.1 Å². The Morgan fingerprint density at radius 3 is 2.62 bits per heavy atom. The smallest absolute Gasteiger partial charge is 0.262 e. The van der Waals surface area contributed by atoms with Crippen LogP contribution in [0.25, 0.3) is 0 Å². The van der Waals surface area contributed by atoms with Crippen LogP contribution in [0.15, 0.2) is 35.2 Å². The SMILES string of the molecule is NNC(=O)C(Cl)Sc1ccccc1. The summed E-state index contributed by atoms with van der Waals surface area (Å²) in [6, 6.07) is 9.42. The summed E-state index contributed by atoms with van der Waals surface area (Å²) in [5.74, 6) is 4.54. The molecule has 13 heavy (non-hydrogen) atoms. The van der Waals surface area contributed by atoms with Crippen LogP contribution in [0.2, 0.25) is 0 Å². The minimum atomic E-state index is -0.688. The van der Waals surface area contributed by atoms with Gasteiger partial charge in [-0.15, -0.1) is 0 Å². The zero-order valence-corrected chi connectivity index (χ0v) is 8.31. The number of hydrogen-bond donors (Lipinski definition) is 2. The summed E-state index contributed by atoms with van der Waals surface area (Å²) < 4.78 is -0.688. The van der Waals surface area contributed by atoms with E-state index in [2.05, 4.69) is 0 Å². The number of thioether (sulfide) groups is 1. The monoisotopic (exact) mass is 216 g/mol. The highest BCUT2D eigenvalue weighted by Crippen LogP contribution is 2.25. The van der Waals surface area contributed by atoms with Crippen molar-refractivity contribution in [3.8, 4) is 0 Å². The number of benzene rings is 1. The Bertz CT molecular complexity index is 281. The largest absolute Gasteiger partial charge is 0.292 e. The van der Waals surface area contributed by atoms with Crippen LogP contribution in [0, 0.1) is 0 Å². The lowest BCUT2D eigenvalue weighted by atomic mass is 10.4. The third kappa shape index (κ3) is 3.26. The molecule has 0 heterocycles. The molecule has 3 N–H and O–H groups in total. The fraction of sp³-hybridized carbons (Fsp3) is 0.125. The first-order valence-electron chi connectivity index (χ1n) is 3.60. The highest BCUT2D eigenvalue weighted by molar-refractivity contribution is 8.01. The second-order valence-corrected chi connectivity index (χ2v) is 4.13. The molecule has 70 valence electrons. The van der Waals surface area contributed by atoms with Crippen molar-refractivity contribution in [3.05, 3.63) is 30.3 Å². The molecule has 0 saturated heterocycles. The number of carbonyl (C=O) groups excluding carboxylic acids is 1. The number of hydrogen-bond acceptors (Lipinski definition) is 3. The predicted octanol–water partition coefficient (Wildman–Crippen LogP) is 1.33. The summed E-state index contributed by atoms with van der Waals surface area (Å²) in [6.07, 6.45) is 0. The number of hydrazine groups is 1. The van der Waals surface area contributed by atoms with Crippen molar-refractivity contribution in [1.29, 1.82) is 0 Å². The minimum absolute atomic E-state index is 0.393. The van der Waals surface area contributed by atoms with Gasteiger partial charge in [0, 0.05) is 4.90 Å². The Hall–Kier alpha value is -0.710. The summed E-state index contributed by atoms with van der Waals surface area (Å²) in [6.45, 7) is 0. The van der Waals surface area contributed by atoms with Crippen LogP contribution < -0.4 is 11.3 Å². The van der Waals surface area contributed by atoms with E-state index in [0.717, 1.165) is 4.90 Å². The maximum Gasteiger partial charge on any atom is 0.262 e. The van der Waals surface area contributed by atoms with Crippen molar-refractivity contribution in [2.75, 3.05) is 0 Å². The van der Waals surface area contributed by atoms with Gasteiger partial charge in [0.15, 0.2) is 4.71 Å². The molecule has 0 aliphatic heterocycles. The van der Waals surface area contributed by atoms with E-state index in [0.29, 0.717) is 0 Å². The van der Waals surface area contributed by atoms with E-state index in [4.69, 9.17) is 17.4 Å². The van der Waals surface area contributed by atoms with E-state index in [1.807, 2.05) is 35.8 Å². The van der Waals surface area contributed by atoms with Gasteiger partial charge in [0.2, 0.25) is 0 Å². The Morgan fingerprint density at radius 2 is 2.08 bits per heavy atom. The number of nitrogens with one attached hydrogen (secondary N) is 1. The Morgan fingerprint density at radius 1 is 1.46 bits per heavy atom. The van der Waals surface area contributed by atoms with E-state index in [1.54, 1.807) is 0 Å². The van der Waals surface area contributed by atoms with E-state index in [-0.39, 0.29) is 0 Å². The molecular weight excluding hydrogens is 208 g/mol. The van der Waals surface area contributed by atoms with Crippen molar-refractivity contribution in [1.82, 2.24) is 5.43 Å². The normalized spacial score (nSPS) is 12.2. The Labute approximate surface area is 85.6 Å². The quantitative estimate of drug-likeness (QED) is 0.264. The number of halogens is 1. The molecule has 3 nitrogen and oxygen atoms in total. The molecule has 1 rings (SSSR count). The van der Waals surface area contributed by atoms with Gasteiger partial charge in [0.1, 0.15) is 0 Å². The maximum atomic E-state index is 10.9. The zero-order chi connectivity index (χ0) is 9.68. The fourth-order valence-electron chi connectivity index (χ4n) is 0.738. The summed E-state index contributed by atoms with van der Waals surface area (Å²) in [5.41, 5.74) is 1.99. The van der Waals surface area contributed by atoms with Crippen LogP contribution in [-0.2, 0) is 4.79 Å². The summed E-state index contributed by atoms with van der Waals surface area (Å²) in [7, 11) is 0. The molecule has 5 heteroatoms. The molecule has 0 bridgehead atoms. The Balaban J connectivity index is 2.55. The van der Waals surface area contributed by atoms with Crippen LogP contribution in [0.4, 0.5) is 0 Å². The van der Waals surface area contributed by atoms with Gasteiger partial charge in [-0.3, -0.25) is 10.2 Å². The highest BCUT2D eigenvalue weighted by atomic mass is 35.5. The number of carbonyl (C=O) groups is 1. The van der Waals surface area contributed by atoms with Gasteiger partial charge >= 0.3 is 0 Å². The van der Waals surface area contributed by atoms with Crippen LogP contribution in [0.3, 0.4) is 0 Å². The molecule has 0 saturated carbocycles. The third-order valence-corrected chi connectivity index (χ3v) is 2.76. The van der Waals surface area contributed by atoms with Gasteiger partial charge in [-0.1, -0.05) is 41.6 Å². The molecule has 0 aliphatic rings. The molecule has 0 aliphatic carbocycles. The predicted molar refractivity (Wildman–Crippen MR) is 54.3 cm³/mol. The fourth-order valence-corrected chi connectivity index (χ4v) is 1.84. The molecule has 1 aromatic rings. The zero-order valence-electron chi connectivity index (χ0n) is 6.74. The van der Waals surface area contributed by atoms with Crippen molar-refractivity contribution in [2.24, 2.45) is 5.84 Å². The molecule has 0 spiro atoms. The van der Waals surface area contributed by atoms with Crippen molar-refractivity contribution in [2.45, 2.75) is 9.60 Å². The molecule has 1 unspecified atom stereocenters. The van der Waals surface area contributed by atoms with Crippen LogP contribution in [-0.4, -0.2) is 10.6 Å². The van der Waals surface area contributed by atoms with Crippen molar-refractivity contribution >= 4 is 29.3 Å². The van der Waals surface area contributed by atoms with Crippen molar-refractivity contribution < 1.29 is 4.79 Å². The van der Waals surface area contributed by atoms with E-state index in [9.17, 15) is 4.79 Å². The molecular formula is C8H9ClN2OS. The van der Waals surface area contributed by atoms with E-state index in [1.165, 1.54) is 11.8 Å². The first-order chi connectivity index (χ1) is 6.24. The average Bonchev–Trinajstić information content (AvgIpc) is 2.18. The molecule has 0 fully saturated rings. The molecule has 0 aromatic heterocycles. The maximum absolute atomic E-state index is 10.9. The van der Waals surface area contributed by atoms with Crippen molar-refractivity contribution in [3.63, 3.8) is 0 Å². The number of rotatable bonds is 3. The second-order valence-electron chi connectivity index (χ2n) is 2.26. The Kier molecular flexibility index (Phi) is 4.08. The summed E-state index contributed by atoms with van der Waals surface area (Å²) in [4.78, 5) is 11.9. The lowest BCUT2D eigenvalue weighted by molar-refractivity contribution is -0.119. The first kappa shape index (κ1) is 10.4. The number of alkyl halides is 1. The molecule has 1 aromatic carbocycles. The van der Waals surface area contributed by atoms with Gasteiger partial charge in [0.05, 0.1) is 0 Å². The lowest BCUT2D eigenvalue weighted by Crippen LogP contribution is -2.35. The molecule has 1 amide bonds. The third-order valence-electron chi connectivity index (χ3n) is 1.33. The van der Waals surface area contributed by atoms with E-state index < -0.39 is 10.6 Å². The average molecular weight is 217 g/mol. The topological polar surface area (TPSA) is 55.1 Å². The van der Waals surface area contributed by atoms with Gasteiger partial charge in [-0.25, -0.2) is 5.84 Å². The molecule has 0 radical (unpaired) electrons. The van der Waals surface area contributed by atoms with Crippen LogP contribution >= 0.6 is 23.4 Å². The number of amides is 1. The van der Waals surface area contributed by atoms with Gasteiger partial charge in [-0.2, -0.15) is 0 Å². The second kappa shape index (κ2) is 5.11. The first-order valence-corrected chi connectivity index (χ1v) is 4.92. The standard InChI is InChI=1S/C8H9ClN2OS/c9-7(8(12)11-10)13-6-4-2-1-3-5-6/h1-5,7H,10H2,(H,11,12). The summed E-state index contributed by atoms with van der Waals surface area (Å²) >= 11 is 6.99.